The molecule has 1 aliphatic heterocycles. The van der Waals surface area contributed by atoms with Gasteiger partial charge in [-0.2, -0.15) is 0 Å². The van der Waals surface area contributed by atoms with Crippen molar-refractivity contribution in [2.24, 2.45) is 0 Å². The SMILES string of the molecule is C1=CC2c3cccc(-n4c5ccccc5c5cc(N(c6ccccc6)c6ccccc6)ccc54)c3SC2C(c2nc(-c3ccccc3)nc(-c3ccccc3)n2)=C1. The highest BCUT2D eigenvalue weighted by Crippen LogP contribution is 2.55. The molecule has 1 aliphatic carbocycles. The lowest BCUT2D eigenvalue weighted by Gasteiger charge is -2.25. The van der Waals surface area contributed by atoms with Crippen LogP contribution in [0.2, 0.25) is 0 Å². The lowest BCUT2D eigenvalue weighted by molar-refractivity contribution is 0.875. The molecular weight excluding hydrogens is 715 g/mol. The smallest absolute Gasteiger partial charge is 0.164 e. The number of nitrogens with zero attached hydrogens (tertiary/aromatic N) is 5. The van der Waals surface area contributed by atoms with Crippen molar-refractivity contribution < 1.29 is 0 Å². The van der Waals surface area contributed by atoms with Crippen molar-refractivity contribution in [3.05, 3.63) is 212 Å². The summed E-state index contributed by atoms with van der Waals surface area (Å²) in [5, 5.41) is 2.54. The molecule has 0 bridgehead atoms. The lowest BCUT2D eigenvalue weighted by atomic mass is 9.87. The first kappa shape index (κ1) is 33.3. The van der Waals surface area contributed by atoms with E-state index in [0.717, 1.165) is 39.6 Å². The third kappa shape index (κ3) is 5.76. The first-order chi connectivity index (χ1) is 28.3. The summed E-state index contributed by atoms with van der Waals surface area (Å²) >= 11 is 1.92. The van der Waals surface area contributed by atoms with E-state index in [1.807, 2.05) is 48.2 Å². The Bertz CT molecular complexity index is 2900. The summed E-state index contributed by atoms with van der Waals surface area (Å²) in [6.07, 6.45) is 6.72. The van der Waals surface area contributed by atoms with Gasteiger partial charge in [-0.05, 0) is 60.2 Å². The predicted octanol–water partition coefficient (Wildman–Crippen LogP) is 13.0. The first-order valence-corrected chi connectivity index (χ1v) is 20.2. The Labute approximate surface area is 335 Å². The summed E-state index contributed by atoms with van der Waals surface area (Å²) in [6.45, 7) is 0. The number of hydrogen-bond acceptors (Lipinski definition) is 5. The molecule has 0 saturated carbocycles. The van der Waals surface area contributed by atoms with E-state index in [-0.39, 0.29) is 11.2 Å². The van der Waals surface area contributed by atoms with Gasteiger partial charge in [0.05, 0.1) is 16.7 Å². The summed E-state index contributed by atoms with van der Waals surface area (Å²) in [6, 6.07) is 64.1. The van der Waals surface area contributed by atoms with Crippen LogP contribution in [0.25, 0.3) is 55.8 Å². The van der Waals surface area contributed by atoms with Gasteiger partial charge in [0, 0.05) is 60.6 Å². The third-order valence-corrected chi connectivity index (χ3v) is 12.5. The Morgan fingerprint density at radius 3 is 1.74 bits per heavy atom. The van der Waals surface area contributed by atoms with Gasteiger partial charge in [-0.15, -0.1) is 11.8 Å². The number of para-hydroxylation sites is 3. The van der Waals surface area contributed by atoms with E-state index in [1.54, 1.807) is 0 Å². The van der Waals surface area contributed by atoms with Crippen molar-refractivity contribution in [3.8, 4) is 28.5 Å². The molecule has 2 unspecified atom stereocenters. The van der Waals surface area contributed by atoms with Crippen LogP contribution in [-0.2, 0) is 0 Å². The Kier molecular flexibility index (Phi) is 8.14. The maximum absolute atomic E-state index is 5.15. The molecule has 6 heteroatoms. The highest BCUT2D eigenvalue weighted by Gasteiger charge is 2.39. The number of benzene rings is 7. The highest BCUT2D eigenvalue weighted by atomic mass is 32.2. The van der Waals surface area contributed by atoms with Crippen molar-refractivity contribution in [3.63, 3.8) is 0 Å². The summed E-state index contributed by atoms with van der Waals surface area (Å²) in [4.78, 5) is 18.9. The Hall–Kier alpha value is -7.02. The van der Waals surface area contributed by atoms with Crippen molar-refractivity contribution >= 4 is 56.2 Å². The zero-order valence-electron chi connectivity index (χ0n) is 30.9. The molecule has 0 radical (unpaired) electrons. The quantitative estimate of drug-likeness (QED) is 0.162. The molecule has 7 aromatic carbocycles. The Morgan fingerprint density at radius 1 is 0.491 bits per heavy atom. The van der Waals surface area contributed by atoms with Gasteiger partial charge in [0.1, 0.15) is 0 Å². The average molecular weight is 750 g/mol. The van der Waals surface area contributed by atoms with Gasteiger partial charge in [-0.25, -0.2) is 15.0 Å². The second-order valence-corrected chi connectivity index (χ2v) is 15.5. The zero-order chi connectivity index (χ0) is 37.7. The van der Waals surface area contributed by atoms with Crippen molar-refractivity contribution in [1.29, 1.82) is 0 Å². The molecule has 11 rings (SSSR count). The number of thioether (sulfide) groups is 1. The van der Waals surface area contributed by atoms with Crippen LogP contribution in [0.5, 0.6) is 0 Å². The van der Waals surface area contributed by atoms with Gasteiger partial charge in [0.2, 0.25) is 0 Å². The largest absolute Gasteiger partial charge is 0.310 e. The Balaban J connectivity index is 1.03. The fourth-order valence-corrected chi connectivity index (χ4v) is 9.98. The minimum atomic E-state index is 0.103. The zero-order valence-corrected chi connectivity index (χ0v) is 31.7. The van der Waals surface area contributed by atoms with E-state index in [4.69, 9.17) is 15.0 Å². The van der Waals surface area contributed by atoms with Crippen molar-refractivity contribution in [2.75, 3.05) is 4.90 Å². The molecule has 0 spiro atoms. The van der Waals surface area contributed by atoms with Crippen LogP contribution >= 0.6 is 11.8 Å². The van der Waals surface area contributed by atoms with Gasteiger partial charge in [-0.3, -0.25) is 0 Å². The van der Waals surface area contributed by atoms with Crippen molar-refractivity contribution in [1.82, 2.24) is 19.5 Å². The lowest BCUT2D eigenvalue weighted by Crippen LogP contribution is -2.16. The minimum Gasteiger partial charge on any atom is -0.310 e. The molecule has 5 nitrogen and oxygen atoms in total. The van der Waals surface area contributed by atoms with Gasteiger partial charge in [0.25, 0.3) is 0 Å². The van der Waals surface area contributed by atoms with E-state index < -0.39 is 0 Å². The van der Waals surface area contributed by atoms with E-state index in [0.29, 0.717) is 11.6 Å². The molecule has 0 amide bonds. The monoisotopic (exact) mass is 749 g/mol. The van der Waals surface area contributed by atoms with Gasteiger partial charge in [-0.1, -0.05) is 146 Å². The first-order valence-electron chi connectivity index (χ1n) is 19.3. The van der Waals surface area contributed by atoms with E-state index in [2.05, 4.69) is 173 Å². The average Bonchev–Trinajstić information content (AvgIpc) is 3.84. The number of hydrogen-bond donors (Lipinski definition) is 0. The minimum absolute atomic E-state index is 0.103. The van der Waals surface area contributed by atoms with Crippen LogP contribution in [0.4, 0.5) is 17.1 Å². The summed E-state index contributed by atoms with van der Waals surface area (Å²) < 4.78 is 2.46. The van der Waals surface area contributed by atoms with Crippen molar-refractivity contribution in [2.45, 2.75) is 16.1 Å². The number of fused-ring (bicyclic) bond motifs is 6. The fraction of sp³-hybridized carbons (Fsp3) is 0.0392. The topological polar surface area (TPSA) is 46.8 Å². The molecular formula is C51H35N5S. The number of anilines is 3. The van der Waals surface area contributed by atoms with Gasteiger partial charge in [0.15, 0.2) is 17.5 Å². The summed E-state index contributed by atoms with van der Waals surface area (Å²) in [5.74, 6) is 2.24. The van der Waals surface area contributed by atoms with Crippen LogP contribution < -0.4 is 4.90 Å². The van der Waals surface area contributed by atoms with Gasteiger partial charge < -0.3 is 9.47 Å². The normalized spacial score (nSPS) is 15.7. The molecule has 2 aliphatic rings. The summed E-state index contributed by atoms with van der Waals surface area (Å²) in [7, 11) is 0. The van der Waals surface area contributed by atoms with Crippen LogP contribution in [0.1, 0.15) is 17.3 Å². The number of allylic oxidation sites excluding steroid dienone is 3. The maximum atomic E-state index is 5.15. The molecule has 2 atom stereocenters. The summed E-state index contributed by atoms with van der Waals surface area (Å²) in [5.41, 5.74) is 11.3. The molecule has 0 saturated heterocycles. The van der Waals surface area contributed by atoms with Crippen LogP contribution in [0, 0.1) is 0 Å². The predicted molar refractivity (Wildman–Crippen MR) is 236 cm³/mol. The second-order valence-electron chi connectivity index (χ2n) is 14.4. The van der Waals surface area contributed by atoms with E-state index in [1.165, 1.54) is 38.0 Å². The van der Waals surface area contributed by atoms with Crippen LogP contribution in [0.15, 0.2) is 205 Å². The molecule has 57 heavy (non-hydrogen) atoms. The molecule has 9 aromatic rings. The van der Waals surface area contributed by atoms with Crippen LogP contribution in [0.3, 0.4) is 0 Å². The highest BCUT2D eigenvalue weighted by molar-refractivity contribution is 8.00. The third-order valence-electron chi connectivity index (χ3n) is 11.0. The Morgan fingerprint density at radius 2 is 1.07 bits per heavy atom. The standard InChI is InChI=1S/C51H35N5S/c1-5-17-34(18-6-1)49-52-50(35-19-7-2-8-20-35)54-51(53-49)42-28-15-26-40-41-27-16-30-46(48(41)57-47(40)42)56-44-29-14-13-25-39(44)43-33-38(31-32-45(43)56)55(36-21-9-3-10-22-36)37-23-11-4-12-24-37/h1-33,40,47H. The van der Waals surface area contributed by atoms with Crippen LogP contribution in [-0.4, -0.2) is 24.8 Å². The second kappa shape index (κ2) is 13.9. The fourth-order valence-electron chi connectivity index (χ4n) is 8.41. The maximum Gasteiger partial charge on any atom is 0.164 e. The number of aromatic nitrogens is 4. The molecule has 0 N–H and O–H groups in total. The molecule has 2 aromatic heterocycles. The molecule has 3 heterocycles. The number of rotatable bonds is 7. The molecule has 0 fully saturated rings. The van der Waals surface area contributed by atoms with Gasteiger partial charge >= 0.3 is 0 Å². The van der Waals surface area contributed by atoms with E-state index >= 15 is 0 Å². The molecule has 270 valence electrons. The van der Waals surface area contributed by atoms with E-state index in [9.17, 15) is 0 Å².